The van der Waals surface area contributed by atoms with Gasteiger partial charge in [-0.05, 0) is 48.5 Å². The van der Waals surface area contributed by atoms with Gasteiger partial charge in [0.05, 0.1) is 25.6 Å². The van der Waals surface area contributed by atoms with Crippen molar-refractivity contribution in [3.63, 3.8) is 0 Å². The molecule has 0 amide bonds. The summed E-state index contributed by atoms with van der Waals surface area (Å²) in [6.07, 6.45) is 0. The van der Waals surface area contributed by atoms with Crippen molar-refractivity contribution in [2.24, 2.45) is 9.98 Å². The summed E-state index contributed by atoms with van der Waals surface area (Å²) < 4.78 is 11.4. The Balaban J connectivity index is 2.03. The molecule has 0 aliphatic rings. The van der Waals surface area contributed by atoms with Crippen molar-refractivity contribution in [1.29, 1.82) is 0 Å². The molecule has 32 heavy (non-hydrogen) atoms. The molecule has 0 radical (unpaired) electrons. The predicted molar refractivity (Wildman–Crippen MR) is 131 cm³/mol. The van der Waals surface area contributed by atoms with Gasteiger partial charge in [0.1, 0.15) is 22.9 Å². The van der Waals surface area contributed by atoms with E-state index < -0.39 is 0 Å². The summed E-state index contributed by atoms with van der Waals surface area (Å²) in [7, 11) is 3.33. The maximum Gasteiger partial charge on any atom is 0.128 e. The molecule has 0 bridgehead atoms. The average molecular weight is 421 g/mol. The molecule has 4 nitrogen and oxygen atoms in total. The topological polar surface area (TPSA) is 43.2 Å². The van der Waals surface area contributed by atoms with Crippen molar-refractivity contribution in [2.45, 2.75) is 0 Å². The van der Waals surface area contributed by atoms with E-state index in [0.717, 1.165) is 34.0 Å². The van der Waals surface area contributed by atoms with Crippen LogP contribution in [-0.4, -0.2) is 25.6 Å². The van der Waals surface area contributed by atoms with Crippen LogP contribution in [0.3, 0.4) is 0 Å². The summed E-state index contributed by atoms with van der Waals surface area (Å²) in [5.41, 5.74) is 4.73. The standard InChI is InChI=1S/C28H24N2O2/c1-31-25-19-11-9-17-23(25)27(29-21-13-5-3-6-14-21)28(30-22-15-7-4-8-16-22)24-18-10-12-20-26(24)32-2/h3-20H,1-2H3. The van der Waals surface area contributed by atoms with Gasteiger partial charge >= 0.3 is 0 Å². The zero-order valence-corrected chi connectivity index (χ0v) is 18.1. The highest BCUT2D eigenvalue weighted by atomic mass is 16.5. The molecule has 0 fully saturated rings. The Kier molecular flexibility index (Phi) is 6.73. The van der Waals surface area contributed by atoms with E-state index >= 15 is 0 Å². The summed E-state index contributed by atoms with van der Waals surface area (Å²) in [4.78, 5) is 10.1. The van der Waals surface area contributed by atoms with Crippen LogP contribution in [0.1, 0.15) is 11.1 Å². The number of hydrogen-bond acceptors (Lipinski definition) is 4. The number of nitrogens with zero attached hydrogens (tertiary/aromatic N) is 2. The Morgan fingerprint density at radius 3 is 1.19 bits per heavy atom. The lowest BCUT2D eigenvalue weighted by Gasteiger charge is -2.16. The third-order valence-corrected chi connectivity index (χ3v) is 4.94. The smallest absolute Gasteiger partial charge is 0.128 e. The SMILES string of the molecule is COc1ccccc1C(=Nc1ccccc1)C(=Nc1ccccc1)c1ccccc1OC. The van der Waals surface area contributed by atoms with Crippen molar-refractivity contribution in [3.8, 4) is 11.5 Å². The zero-order valence-electron chi connectivity index (χ0n) is 18.1. The highest BCUT2D eigenvalue weighted by molar-refractivity contribution is 6.55. The van der Waals surface area contributed by atoms with Gasteiger partial charge in [-0.25, -0.2) is 9.98 Å². The molecule has 0 spiro atoms. The van der Waals surface area contributed by atoms with Gasteiger partial charge in [0.25, 0.3) is 0 Å². The second-order valence-electron chi connectivity index (χ2n) is 6.99. The second-order valence-corrected chi connectivity index (χ2v) is 6.99. The minimum absolute atomic E-state index is 0.696. The molecule has 158 valence electrons. The number of para-hydroxylation sites is 4. The lowest BCUT2D eigenvalue weighted by atomic mass is 9.97. The van der Waals surface area contributed by atoms with E-state index in [1.807, 2.05) is 109 Å². The van der Waals surface area contributed by atoms with E-state index in [9.17, 15) is 0 Å². The van der Waals surface area contributed by atoms with Crippen LogP contribution in [0, 0.1) is 0 Å². The highest BCUT2D eigenvalue weighted by Crippen LogP contribution is 2.28. The molecule has 4 rings (SSSR count). The first-order valence-corrected chi connectivity index (χ1v) is 10.3. The molecule has 0 saturated carbocycles. The van der Waals surface area contributed by atoms with Crippen LogP contribution in [0.4, 0.5) is 11.4 Å². The number of hydrogen-bond donors (Lipinski definition) is 0. The van der Waals surface area contributed by atoms with E-state index in [-0.39, 0.29) is 0 Å². The summed E-state index contributed by atoms with van der Waals surface area (Å²) in [6, 6.07) is 35.4. The quantitative estimate of drug-likeness (QED) is 0.314. The largest absolute Gasteiger partial charge is 0.496 e. The van der Waals surface area contributed by atoms with Gasteiger partial charge in [-0.1, -0.05) is 60.7 Å². The Labute approximate surface area is 188 Å². The average Bonchev–Trinajstić information content (AvgIpc) is 2.87. The number of ether oxygens (including phenoxy) is 2. The van der Waals surface area contributed by atoms with Crippen LogP contribution < -0.4 is 9.47 Å². The molecule has 0 saturated heterocycles. The van der Waals surface area contributed by atoms with Crippen molar-refractivity contribution in [2.75, 3.05) is 14.2 Å². The van der Waals surface area contributed by atoms with Gasteiger partial charge in [-0.2, -0.15) is 0 Å². The molecule has 0 unspecified atom stereocenters. The first-order valence-electron chi connectivity index (χ1n) is 10.3. The van der Waals surface area contributed by atoms with Gasteiger partial charge in [0, 0.05) is 11.1 Å². The van der Waals surface area contributed by atoms with Crippen molar-refractivity contribution >= 4 is 22.8 Å². The normalized spacial score (nSPS) is 11.8. The fraction of sp³-hybridized carbons (Fsp3) is 0.0714. The van der Waals surface area contributed by atoms with E-state index in [2.05, 4.69) is 0 Å². The lowest BCUT2D eigenvalue weighted by Crippen LogP contribution is -2.19. The predicted octanol–water partition coefficient (Wildman–Crippen LogP) is 6.65. The van der Waals surface area contributed by atoms with Crippen molar-refractivity contribution in [1.82, 2.24) is 0 Å². The molecular weight excluding hydrogens is 396 g/mol. The summed E-state index contributed by atoms with van der Waals surface area (Å²) in [5, 5.41) is 0. The van der Waals surface area contributed by atoms with Gasteiger partial charge in [-0.3, -0.25) is 0 Å². The number of aliphatic imine (C=N–C) groups is 2. The van der Waals surface area contributed by atoms with Crippen LogP contribution in [0.2, 0.25) is 0 Å². The van der Waals surface area contributed by atoms with E-state index in [1.165, 1.54) is 0 Å². The minimum Gasteiger partial charge on any atom is -0.496 e. The van der Waals surface area contributed by atoms with Crippen molar-refractivity contribution in [3.05, 3.63) is 120 Å². The molecule has 0 N–H and O–H groups in total. The van der Waals surface area contributed by atoms with Crippen LogP contribution in [0.25, 0.3) is 0 Å². The van der Waals surface area contributed by atoms with Crippen LogP contribution in [0.5, 0.6) is 11.5 Å². The van der Waals surface area contributed by atoms with E-state index in [1.54, 1.807) is 14.2 Å². The first-order chi connectivity index (χ1) is 15.8. The molecule has 0 aliphatic heterocycles. The van der Waals surface area contributed by atoms with Gasteiger partial charge < -0.3 is 9.47 Å². The Morgan fingerprint density at radius 2 is 0.812 bits per heavy atom. The van der Waals surface area contributed by atoms with Gasteiger partial charge in [0.15, 0.2) is 0 Å². The van der Waals surface area contributed by atoms with E-state index in [4.69, 9.17) is 19.5 Å². The molecule has 0 atom stereocenters. The summed E-state index contributed by atoms with van der Waals surface area (Å²) in [5.74, 6) is 1.44. The summed E-state index contributed by atoms with van der Waals surface area (Å²) in [6.45, 7) is 0. The molecule has 0 heterocycles. The first kappa shape index (κ1) is 21.1. The molecule has 0 aromatic heterocycles. The molecule has 4 heteroatoms. The number of methoxy groups -OCH3 is 2. The van der Waals surface area contributed by atoms with Gasteiger partial charge in [0.2, 0.25) is 0 Å². The lowest BCUT2D eigenvalue weighted by molar-refractivity contribution is 0.413. The zero-order chi connectivity index (χ0) is 22.2. The van der Waals surface area contributed by atoms with Crippen LogP contribution in [-0.2, 0) is 0 Å². The Morgan fingerprint density at radius 1 is 0.469 bits per heavy atom. The van der Waals surface area contributed by atoms with Crippen molar-refractivity contribution < 1.29 is 9.47 Å². The third kappa shape index (κ3) is 4.76. The maximum absolute atomic E-state index is 5.69. The fourth-order valence-corrected chi connectivity index (χ4v) is 3.43. The minimum atomic E-state index is 0.696. The number of benzene rings is 4. The molecule has 4 aromatic rings. The van der Waals surface area contributed by atoms with Crippen LogP contribution in [0.15, 0.2) is 119 Å². The molecule has 0 aliphatic carbocycles. The monoisotopic (exact) mass is 420 g/mol. The second kappa shape index (κ2) is 10.2. The Hall–Kier alpha value is -4.18. The maximum atomic E-state index is 5.69. The van der Waals surface area contributed by atoms with Crippen LogP contribution >= 0.6 is 0 Å². The third-order valence-electron chi connectivity index (χ3n) is 4.94. The highest BCUT2D eigenvalue weighted by Gasteiger charge is 2.21. The fourth-order valence-electron chi connectivity index (χ4n) is 3.43. The summed E-state index contributed by atoms with van der Waals surface area (Å²) >= 11 is 0. The Bertz CT molecular complexity index is 1130. The number of rotatable bonds is 7. The molecule has 4 aromatic carbocycles. The van der Waals surface area contributed by atoms with E-state index in [0.29, 0.717) is 11.4 Å². The van der Waals surface area contributed by atoms with Gasteiger partial charge in [-0.15, -0.1) is 0 Å². The molecular formula is C28H24N2O2.